The van der Waals surface area contributed by atoms with Crippen LogP contribution in [-0.2, 0) is 0 Å². The van der Waals surface area contributed by atoms with Gasteiger partial charge >= 0.3 is 0 Å². The lowest BCUT2D eigenvalue weighted by molar-refractivity contribution is 1.20. The molecule has 0 atom stereocenters. The predicted molar refractivity (Wildman–Crippen MR) is 224 cm³/mol. The van der Waals surface area contributed by atoms with Crippen LogP contribution in [0.25, 0.3) is 43.1 Å². The Bertz CT molecular complexity index is 2730. The Morgan fingerprint density at radius 1 is 0.259 bits per heavy atom. The van der Waals surface area contributed by atoms with Gasteiger partial charge in [-0.15, -0.1) is 0 Å². The monoisotopic (exact) mass is 694 g/mol. The lowest BCUT2D eigenvalue weighted by atomic mass is 9.93. The minimum Gasteiger partial charge on any atom is -0.248 e. The Balaban J connectivity index is 1.40. The topological polar surface area (TPSA) is 49.4 Å². The van der Waals surface area contributed by atoms with Crippen LogP contribution in [0, 0.1) is 27.7 Å². The van der Waals surface area contributed by atoms with E-state index in [0.717, 1.165) is 110 Å². The molecule has 4 heteroatoms. The van der Waals surface area contributed by atoms with Crippen LogP contribution in [-0.4, -0.2) is 0 Å². The van der Waals surface area contributed by atoms with E-state index >= 15 is 0 Å². The van der Waals surface area contributed by atoms with Crippen LogP contribution < -0.4 is 21.4 Å². The standard InChI is InChI=1S/C50H38N4/c1-31-32(2)48(52-40-19-11-6-12-20-40)44-28-36-26-38-30-46-45(29-37(38)25-35(36)27-43(44)47(31)51-39-17-9-5-10-18-39)49(53-41-21-13-7-14-22-41)33(3)34(4)50(46)54-42-23-15-8-16-24-42/h5-30H,1-4H3/b51-47-,52-48-,53-49-,54-50-. The summed E-state index contributed by atoms with van der Waals surface area (Å²) in [4.78, 5) is 20.9. The minimum absolute atomic E-state index is 0.927. The first-order chi connectivity index (χ1) is 26.4. The highest BCUT2D eigenvalue weighted by molar-refractivity contribution is 6.08. The lowest BCUT2D eigenvalue weighted by Crippen LogP contribution is -2.20. The van der Waals surface area contributed by atoms with E-state index in [1.165, 1.54) is 0 Å². The van der Waals surface area contributed by atoms with E-state index in [1.807, 2.05) is 72.8 Å². The van der Waals surface area contributed by atoms with Crippen molar-refractivity contribution in [2.75, 3.05) is 0 Å². The second kappa shape index (κ2) is 13.6. The predicted octanol–water partition coefficient (Wildman–Crippen LogP) is 11.3. The Labute approximate surface area is 313 Å². The third-order valence-corrected chi connectivity index (χ3v) is 10.6. The fourth-order valence-corrected chi connectivity index (χ4v) is 7.51. The molecule has 0 N–H and O–H groups in total. The molecule has 0 aliphatic heterocycles. The number of fused-ring (bicyclic) bond motifs is 4. The summed E-state index contributed by atoms with van der Waals surface area (Å²) in [5.74, 6) is 0. The molecule has 54 heavy (non-hydrogen) atoms. The van der Waals surface area contributed by atoms with E-state index in [9.17, 15) is 0 Å². The number of para-hydroxylation sites is 4. The van der Waals surface area contributed by atoms with E-state index in [4.69, 9.17) is 20.0 Å². The first-order valence-corrected chi connectivity index (χ1v) is 18.4. The third kappa shape index (κ3) is 6.02. The maximum absolute atomic E-state index is 5.24. The van der Waals surface area contributed by atoms with Crippen LogP contribution >= 0.6 is 0 Å². The molecule has 4 nitrogen and oxygen atoms in total. The van der Waals surface area contributed by atoms with Gasteiger partial charge in [-0.2, -0.15) is 0 Å². The van der Waals surface area contributed by atoms with Crippen LogP contribution in [0.4, 0.5) is 22.7 Å². The van der Waals surface area contributed by atoms with Gasteiger partial charge in [-0.05, 0) is 156 Å². The summed E-state index contributed by atoms with van der Waals surface area (Å²) in [5.41, 5.74) is 8.21. The molecule has 0 aliphatic rings. The van der Waals surface area contributed by atoms with Crippen molar-refractivity contribution in [1.82, 2.24) is 0 Å². The number of hydrogen-bond acceptors (Lipinski definition) is 4. The van der Waals surface area contributed by atoms with Crippen molar-refractivity contribution in [2.24, 2.45) is 20.0 Å². The zero-order valence-corrected chi connectivity index (χ0v) is 30.8. The van der Waals surface area contributed by atoms with Crippen molar-refractivity contribution in [1.29, 1.82) is 0 Å². The second-order valence-corrected chi connectivity index (χ2v) is 14.0. The van der Waals surface area contributed by atoms with Gasteiger partial charge in [0.25, 0.3) is 0 Å². The highest BCUT2D eigenvalue weighted by atomic mass is 14.8. The van der Waals surface area contributed by atoms with Gasteiger partial charge in [-0.1, -0.05) is 72.8 Å². The van der Waals surface area contributed by atoms with E-state index < -0.39 is 0 Å². The SMILES string of the molecule is Cc1c(C)/c(=N/c2ccccc2)c2cc3cc4cc5/c(=N\c6ccccc6)c(C)c(C)/c(=N/c6ccccc6)c5cc4cc3cc2/c1=N\c1ccccc1. The maximum atomic E-state index is 5.24. The minimum atomic E-state index is 0.927. The number of rotatable bonds is 4. The van der Waals surface area contributed by atoms with Gasteiger partial charge in [-0.25, -0.2) is 20.0 Å². The van der Waals surface area contributed by atoms with Crippen LogP contribution in [0.15, 0.2) is 178 Å². The van der Waals surface area contributed by atoms with Crippen molar-refractivity contribution < 1.29 is 0 Å². The number of nitrogens with zero attached hydrogens (tertiary/aromatic N) is 4. The zero-order valence-electron chi connectivity index (χ0n) is 30.8. The molecule has 0 spiro atoms. The average molecular weight is 695 g/mol. The van der Waals surface area contributed by atoms with Crippen molar-refractivity contribution >= 4 is 65.8 Å². The Hall–Kier alpha value is -6.78. The fraction of sp³-hybridized carbons (Fsp3) is 0.0800. The molecule has 258 valence electrons. The van der Waals surface area contributed by atoms with Gasteiger partial charge in [0.1, 0.15) is 0 Å². The molecule has 0 unspecified atom stereocenters. The second-order valence-electron chi connectivity index (χ2n) is 14.0. The highest BCUT2D eigenvalue weighted by Gasteiger charge is 2.14. The molecule has 0 aliphatic carbocycles. The summed E-state index contributed by atoms with van der Waals surface area (Å²) >= 11 is 0. The lowest BCUT2D eigenvalue weighted by Gasteiger charge is -2.13. The fourth-order valence-electron chi connectivity index (χ4n) is 7.51. The van der Waals surface area contributed by atoms with Crippen LogP contribution in [0.2, 0.25) is 0 Å². The van der Waals surface area contributed by atoms with Crippen LogP contribution in [0.3, 0.4) is 0 Å². The summed E-state index contributed by atoms with van der Waals surface area (Å²) in [6.45, 7) is 8.66. The van der Waals surface area contributed by atoms with Gasteiger partial charge in [-0.3, -0.25) is 0 Å². The molecule has 9 aromatic carbocycles. The molecule has 0 bridgehead atoms. The van der Waals surface area contributed by atoms with Crippen molar-refractivity contribution in [2.45, 2.75) is 27.7 Å². The number of hydrogen-bond donors (Lipinski definition) is 0. The van der Waals surface area contributed by atoms with Crippen LogP contribution in [0.5, 0.6) is 0 Å². The Morgan fingerprint density at radius 2 is 0.463 bits per heavy atom. The molecule has 0 aromatic heterocycles. The quantitative estimate of drug-likeness (QED) is 0.165. The van der Waals surface area contributed by atoms with Gasteiger partial charge < -0.3 is 0 Å². The van der Waals surface area contributed by atoms with Gasteiger partial charge in [0, 0.05) is 21.5 Å². The van der Waals surface area contributed by atoms with Crippen molar-refractivity contribution in [3.05, 3.63) is 201 Å². The van der Waals surface area contributed by atoms with E-state index in [0.29, 0.717) is 0 Å². The van der Waals surface area contributed by atoms with Crippen LogP contribution in [0.1, 0.15) is 22.3 Å². The smallest absolute Gasteiger partial charge is 0.0748 e. The van der Waals surface area contributed by atoms with Gasteiger partial charge in [0.15, 0.2) is 0 Å². The zero-order chi connectivity index (χ0) is 36.8. The van der Waals surface area contributed by atoms with Crippen molar-refractivity contribution in [3.8, 4) is 0 Å². The molecule has 0 fully saturated rings. The Morgan fingerprint density at radius 3 is 0.667 bits per heavy atom. The largest absolute Gasteiger partial charge is 0.248 e. The molecule has 0 amide bonds. The summed E-state index contributed by atoms with van der Waals surface area (Å²) in [6.07, 6.45) is 0. The van der Waals surface area contributed by atoms with Gasteiger partial charge in [0.2, 0.25) is 0 Å². The van der Waals surface area contributed by atoms with Crippen molar-refractivity contribution in [3.63, 3.8) is 0 Å². The van der Waals surface area contributed by atoms with E-state index in [2.05, 4.69) is 113 Å². The molecule has 0 radical (unpaired) electrons. The summed E-state index contributed by atoms with van der Waals surface area (Å²) in [5, 5.41) is 12.8. The summed E-state index contributed by atoms with van der Waals surface area (Å²) in [7, 11) is 0. The molecule has 9 aromatic rings. The average Bonchev–Trinajstić information content (AvgIpc) is 3.21. The molecule has 0 saturated heterocycles. The third-order valence-electron chi connectivity index (χ3n) is 10.6. The summed E-state index contributed by atoms with van der Waals surface area (Å²) < 4.78 is 0. The molecular formula is C50H38N4. The highest BCUT2D eigenvalue weighted by Crippen LogP contribution is 2.30. The van der Waals surface area contributed by atoms with E-state index in [-0.39, 0.29) is 0 Å². The normalized spacial score (nSPS) is 13.3. The maximum Gasteiger partial charge on any atom is 0.0748 e. The molecular weight excluding hydrogens is 657 g/mol. The molecule has 9 rings (SSSR count). The first-order valence-electron chi connectivity index (χ1n) is 18.4. The number of benzene rings is 9. The molecule has 0 saturated carbocycles. The van der Waals surface area contributed by atoms with Gasteiger partial charge in [0.05, 0.1) is 44.2 Å². The molecule has 0 heterocycles. The first kappa shape index (κ1) is 33.1. The Kier molecular flexibility index (Phi) is 8.36. The summed E-state index contributed by atoms with van der Waals surface area (Å²) in [6, 6.07) is 54.7. The van der Waals surface area contributed by atoms with E-state index in [1.54, 1.807) is 0 Å².